The highest BCUT2D eigenvalue weighted by Gasteiger charge is 2.16. The average Bonchev–Trinajstić information content (AvgIpc) is 2.00. The largest absolute Gasteiger partial charge is 0.380 e. The molecule has 14 heavy (non-hydrogen) atoms. The fourth-order valence-electron chi connectivity index (χ4n) is 0.843. The Hall–Kier alpha value is -0.810. The highest BCUT2D eigenvalue weighted by atomic mass is 16.5. The summed E-state index contributed by atoms with van der Waals surface area (Å²) in [6.45, 7) is 6.05. The SMILES string of the molecule is COCC(NC(=O)NC(C)(C)C)OC. The molecule has 2 amide bonds. The lowest BCUT2D eigenvalue weighted by molar-refractivity contribution is 0.0142. The predicted molar refractivity (Wildman–Crippen MR) is 54.1 cm³/mol. The number of methoxy groups -OCH3 is 2. The lowest BCUT2D eigenvalue weighted by Gasteiger charge is -2.23. The molecule has 0 rings (SSSR count). The van der Waals surface area contributed by atoms with Crippen molar-refractivity contribution in [2.45, 2.75) is 32.5 Å². The van der Waals surface area contributed by atoms with Gasteiger partial charge < -0.3 is 20.1 Å². The van der Waals surface area contributed by atoms with Crippen LogP contribution in [-0.4, -0.2) is 38.6 Å². The standard InChI is InChI=1S/C9H20N2O3/c1-9(2,3)11-8(12)10-7(14-5)6-13-4/h7H,6H2,1-5H3,(H2,10,11,12). The molecule has 0 fully saturated rings. The minimum atomic E-state index is -0.414. The number of rotatable bonds is 4. The maximum absolute atomic E-state index is 11.3. The fraction of sp³-hybridized carbons (Fsp3) is 0.889. The van der Waals surface area contributed by atoms with E-state index in [1.165, 1.54) is 7.11 Å². The van der Waals surface area contributed by atoms with Crippen molar-refractivity contribution in [1.29, 1.82) is 0 Å². The number of carbonyl (C=O) groups is 1. The van der Waals surface area contributed by atoms with E-state index in [1.807, 2.05) is 20.8 Å². The first-order valence-corrected chi connectivity index (χ1v) is 4.49. The quantitative estimate of drug-likeness (QED) is 0.663. The number of nitrogens with one attached hydrogen (secondary N) is 2. The lowest BCUT2D eigenvalue weighted by Crippen LogP contribution is -2.51. The van der Waals surface area contributed by atoms with Gasteiger partial charge in [-0.3, -0.25) is 0 Å². The lowest BCUT2D eigenvalue weighted by atomic mass is 10.1. The number of carbonyl (C=O) groups excluding carboxylic acids is 1. The second-order valence-electron chi connectivity index (χ2n) is 4.03. The van der Waals surface area contributed by atoms with Gasteiger partial charge in [0.1, 0.15) is 0 Å². The summed E-state index contributed by atoms with van der Waals surface area (Å²) in [5.74, 6) is 0. The minimum Gasteiger partial charge on any atom is -0.380 e. The molecule has 5 nitrogen and oxygen atoms in total. The second kappa shape index (κ2) is 5.82. The summed E-state index contributed by atoms with van der Waals surface area (Å²) in [7, 11) is 3.07. The normalized spacial score (nSPS) is 13.5. The highest BCUT2D eigenvalue weighted by molar-refractivity contribution is 5.74. The number of amides is 2. The van der Waals surface area contributed by atoms with Gasteiger partial charge in [-0.15, -0.1) is 0 Å². The van der Waals surface area contributed by atoms with Crippen LogP contribution in [0.15, 0.2) is 0 Å². The van der Waals surface area contributed by atoms with Gasteiger partial charge in [0.05, 0.1) is 6.61 Å². The first-order chi connectivity index (χ1) is 6.39. The van der Waals surface area contributed by atoms with Crippen LogP contribution in [0.25, 0.3) is 0 Å². The van der Waals surface area contributed by atoms with Gasteiger partial charge >= 0.3 is 6.03 Å². The Kier molecular flexibility index (Phi) is 5.49. The Morgan fingerprint density at radius 3 is 2.29 bits per heavy atom. The Morgan fingerprint density at radius 1 is 1.36 bits per heavy atom. The molecule has 0 aromatic carbocycles. The van der Waals surface area contributed by atoms with Crippen LogP contribution >= 0.6 is 0 Å². The fourth-order valence-corrected chi connectivity index (χ4v) is 0.843. The second-order valence-corrected chi connectivity index (χ2v) is 4.03. The highest BCUT2D eigenvalue weighted by Crippen LogP contribution is 1.98. The molecule has 0 spiro atoms. The molecule has 0 saturated heterocycles. The molecule has 0 saturated carbocycles. The van der Waals surface area contributed by atoms with E-state index in [1.54, 1.807) is 7.11 Å². The van der Waals surface area contributed by atoms with Crippen molar-refractivity contribution in [2.75, 3.05) is 20.8 Å². The molecule has 0 aliphatic rings. The number of urea groups is 1. The zero-order valence-electron chi connectivity index (χ0n) is 9.51. The molecule has 0 aliphatic carbocycles. The molecule has 0 radical (unpaired) electrons. The third-order valence-electron chi connectivity index (χ3n) is 1.38. The first kappa shape index (κ1) is 13.2. The van der Waals surface area contributed by atoms with Crippen LogP contribution in [0.2, 0.25) is 0 Å². The van der Waals surface area contributed by atoms with Crippen molar-refractivity contribution in [3.05, 3.63) is 0 Å². The Labute approximate surface area is 85.1 Å². The van der Waals surface area contributed by atoms with Crippen LogP contribution in [0.1, 0.15) is 20.8 Å². The molecule has 0 heterocycles. The summed E-state index contributed by atoms with van der Waals surface area (Å²) in [4.78, 5) is 11.3. The summed E-state index contributed by atoms with van der Waals surface area (Å²) in [6.07, 6.45) is -0.414. The zero-order chi connectivity index (χ0) is 11.2. The van der Waals surface area contributed by atoms with E-state index >= 15 is 0 Å². The van der Waals surface area contributed by atoms with Gasteiger partial charge in [-0.05, 0) is 20.8 Å². The van der Waals surface area contributed by atoms with Crippen molar-refractivity contribution < 1.29 is 14.3 Å². The zero-order valence-corrected chi connectivity index (χ0v) is 9.51. The van der Waals surface area contributed by atoms with Crippen molar-refractivity contribution in [3.63, 3.8) is 0 Å². The Bertz CT molecular complexity index is 177. The van der Waals surface area contributed by atoms with Crippen LogP contribution in [0.3, 0.4) is 0 Å². The van der Waals surface area contributed by atoms with Gasteiger partial charge in [-0.1, -0.05) is 0 Å². The summed E-state index contributed by atoms with van der Waals surface area (Å²) in [5.41, 5.74) is -0.255. The molecule has 0 bridgehead atoms. The van der Waals surface area contributed by atoms with E-state index in [0.29, 0.717) is 6.61 Å². The summed E-state index contributed by atoms with van der Waals surface area (Å²) < 4.78 is 9.84. The van der Waals surface area contributed by atoms with Gasteiger partial charge in [-0.25, -0.2) is 4.79 Å². The molecule has 0 aliphatic heterocycles. The summed E-state index contributed by atoms with van der Waals surface area (Å²) in [6, 6.07) is -0.263. The smallest absolute Gasteiger partial charge is 0.317 e. The Morgan fingerprint density at radius 2 is 1.93 bits per heavy atom. The maximum atomic E-state index is 11.3. The van der Waals surface area contributed by atoms with E-state index < -0.39 is 6.23 Å². The summed E-state index contributed by atoms with van der Waals surface area (Å²) >= 11 is 0. The molecule has 5 heteroatoms. The number of hydrogen-bond acceptors (Lipinski definition) is 3. The van der Waals surface area contributed by atoms with E-state index in [9.17, 15) is 4.79 Å². The van der Waals surface area contributed by atoms with Crippen molar-refractivity contribution in [2.24, 2.45) is 0 Å². The van der Waals surface area contributed by atoms with E-state index in [-0.39, 0.29) is 11.6 Å². The van der Waals surface area contributed by atoms with Gasteiger partial charge in [0.2, 0.25) is 0 Å². The van der Waals surface area contributed by atoms with Crippen LogP contribution in [-0.2, 0) is 9.47 Å². The monoisotopic (exact) mass is 204 g/mol. The van der Waals surface area contributed by atoms with Crippen molar-refractivity contribution >= 4 is 6.03 Å². The van der Waals surface area contributed by atoms with Gasteiger partial charge in [0, 0.05) is 19.8 Å². The summed E-state index contributed by atoms with van der Waals surface area (Å²) in [5, 5.41) is 5.38. The van der Waals surface area contributed by atoms with Crippen LogP contribution in [0.5, 0.6) is 0 Å². The molecule has 84 valence electrons. The van der Waals surface area contributed by atoms with Gasteiger partial charge in [-0.2, -0.15) is 0 Å². The van der Waals surface area contributed by atoms with Crippen LogP contribution in [0.4, 0.5) is 4.79 Å². The van der Waals surface area contributed by atoms with E-state index in [0.717, 1.165) is 0 Å². The van der Waals surface area contributed by atoms with Crippen molar-refractivity contribution in [3.8, 4) is 0 Å². The third-order valence-corrected chi connectivity index (χ3v) is 1.38. The molecule has 2 N–H and O–H groups in total. The molecular formula is C9H20N2O3. The Balaban J connectivity index is 3.91. The molecule has 0 aromatic heterocycles. The van der Waals surface area contributed by atoms with Crippen molar-refractivity contribution in [1.82, 2.24) is 10.6 Å². The average molecular weight is 204 g/mol. The van der Waals surface area contributed by atoms with Crippen LogP contribution in [0, 0.1) is 0 Å². The number of ether oxygens (including phenoxy) is 2. The molecule has 1 atom stereocenters. The predicted octanol–water partition coefficient (Wildman–Crippen LogP) is 0.703. The van der Waals surface area contributed by atoms with Crippen LogP contribution < -0.4 is 10.6 Å². The molecule has 0 aromatic rings. The molecular weight excluding hydrogens is 184 g/mol. The number of hydrogen-bond donors (Lipinski definition) is 2. The van der Waals surface area contributed by atoms with E-state index in [4.69, 9.17) is 9.47 Å². The molecule has 1 unspecified atom stereocenters. The van der Waals surface area contributed by atoms with Gasteiger partial charge in [0.15, 0.2) is 6.23 Å². The van der Waals surface area contributed by atoms with Gasteiger partial charge in [0.25, 0.3) is 0 Å². The van der Waals surface area contributed by atoms with E-state index in [2.05, 4.69) is 10.6 Å². The maximum Gasteiger partial charge on any atom is 0.317 e. The topological polar surface area (TPSA) is 59.6 Å². The first-order valence-electron chi connectivity index (χ1n) is 4.49. The third kappa shape index (κ3) is 6.68. The minimum absolute atomic E-state index is 0.255.